The predicted octanol–water partition coefficient (Wildman–Crippen LogP) is 1.82. The summed E-state index contributed by atoms with van der Waals surface area (Å²) >= 11 is 3.23. The summed E-state index contributed by atoms with van der Waals surface area (Å²) < 4.78 is 14.1. The van der Waals surface area contributed by atoms with Gasteiger partial charge in [-0.15, -0.1) is 0 Å². The molecule has 104 valence electrons. The van der Waals surface area contributed by atoms with Crippen molar-refractivity contribution in [2.45, 2.75) is 6.42 Å². The predicted molar refractivity (Wildman–Crippen MR) is 76.7 cm³/mol. The van der Waals surface area contributed by atoms with Gasteiger partial charge >= 0.3 is 0 Å². The van der Waals surface area contributed by atoms with Gasteiger partial charge in [-0.2, -0.15) is 0 Å². The Morgan fingerprint density at radius 3 is 3.05 bits per heavy atom. The molecule has 0 aromatic heterocycles. The van der Waals surface area contributed by atoms with E-state index in [2.05, 4.69) is 31.5 Å². The van der Waals surface area contributed by atoms with Gasteiger partial charge in [-0.3, -0.25) is 9.69 Å². The Morgan fingerprint density at radius 1 is 1.42 bits per heavy atom. The summed E-state index contributed by atoms with van der Waals surface area (Å²) in [5, 5.41) is 5.90. The molecular weight excluding hydrogens is 313 g/mol. The summed E-state index contributed by atoms with van der Waals surface area (Å²) in [5.41, 5.74) is 0.209. The summed E-state index contributed by atoms with van der Waals surface area (Å²) in [5.74, 6) is -0.618. The lowest BCUT2D eigenvalue weighted by atomic mass is 10.3. The van der Waals surface area contributed by atoms with Gasteiger partial charge in [0.25, 0.3) is 0 Å². The second-order valence-corrected chi connectivity index (χ2v) is 5.38. The van der Waals surface area contributed by atoms with Crippen LogP contribution in [0.3, 0.4) is 0 Å². The molecular formula is C13H17BrFN3O. The largest absolute Gasteiger partial charge is 0.322 e. The molecule has 0 saturated carbocycles. The van der Waals surface area contributed by atoms with Gasteiger partial charge in [0, 0.05) is 17.6 Å². The third-order valence-corrected chi connectivity index (χ3v) is 3.69. The van der Waals surface area contributed by atoms with E-state index in [1.165, 1.54) is 6.07 Å². The van der Waals surface area contributed by atoms with Crippen molar-refractivity contribution < 1.29 is 9.18 Å². The van der Waals surface area contributed by atoms with Crippen molar-refractivity contribution in [3.63, 3.8) is 0 Å². The van der Waals surface area contributed by atoms with Crippen molar-refractivity contribution in [3.8, 4) is 0 Å². The Bertz CT molecular complexity index is 427. The van der Waals surface area contributed by atoms with E-state index in [1.54, 1.807) is 12.1 Å². The highest BCUT2D eigenvalue weighted by Gasteiger charge is 2.15. The number of hydrogen-bond donors (Lipinski definition) is 2. The summed E-state index contributed by atoms with van der Waals surface area (Å²) in [6.07, 6.45) is 1.02. The summed E-state index contributed by atoms with van der Waals surface area (Å²) in [6, 6.07) is 4.63. The molecule has 4 nitrogen and oxygen atoms in total. The van der Waals surface area contributed by atoms with E-state index in [0.29, 0.717) is 11.0 Å². The normalized spacial score (nSPS) is 16.9. The van der Waals surface area contributed by atoms with Crippen LogP contribution in [0.1, 0.15) is 6.42 Å². The first-order chi connectivity index (χ1) is 9.16. The van der Waals surface area contributed by atoms with Gasteiger partial charge in [0.1, 0.15) is 5.82 Å². The molecule has 1 aromatic rings. The molecule has 1 saturated heterocycles. The Hall–Kier alpha value is -0.980. The van der Waals surface area contributed by atoms with Crippen LogP contribution < -0.4 is 10.6 Å². The first kappa shape index (κ1) is 14.4. The average molecular weight is 330 g/mol. The number of rotatable bonds is 3. The minimum Gasteiger partial charge on any atom is -0.322 e. The molecule has 0 atom stereocenters. The number of nitrogens with one attached hydrogen (secondary N) is 2. The zero-order chi connectivity index (χ0) is 13.7. The van der Waals surface area contributed by atoms with Gasteiger partial charge in [-0.1, -0.05) is 6.07 Å². The lowest BCUT2D eigenvalue weighted by Gasteiger charge is -2.19. The maximum absolute atomic E-state index is 13.6. The van der Waals surface area contributed by atoms with Gasteiger partial charge in [-0.05, 0) is 47.6 Å². The number of nitrogens with zero attached hydrogens (tertiary/aromatic N) is 1. The van der Waals surface area contributed by atoms with Gasteiger partial charge in [0.2, 0.25) is 5.91 Å². The number of benzene rings is 1. The minimum absolute atomic E-state index is 0.187. The number of carbonyl (C=O) groups excluding carboxylic acids is 1. The minimum atomic E-state index is -0.430. The first-order valence-corrected chi connectivity index (χ1v) is 7.13. The summed E-state index contributed by atoms with van der Waals surface area (Å²) in [7, 11) is 0. The molecule has 0 bridgehead atoms. The Morgan fingerprint density at radius 2 is 2.26 bits per heavy atom. The quantitative estimate of drug-likeness (QED) is 0.889. The molecule has 1 aliphatic heterocycles. The van der Waals surface area contributed by atoms with Crippen molar-refractivity contribution in [3.05, 3.63) is 28.5 Å². The average Bonchev–Trinajstić information content (AvgIpc) is 2.63. The Kier molecular flexibility index (Phi) is 5.30. The standard InChI is InChI=1S/C13H17BrFN3O/c14-10-3-1-4-11(15)13(10)17-12(19)9-18-7-2-5-16-6-8-18/h1,3-4,16H,2,5-9H2,(H,17,19). The van der Waals surface area contributed by atoms with E-state index < -0.39 is 5.82 Å². The number of anilines is 1. The van der Waals surface area contributed by atoms with Crippen LogP contribution in [0.2, 0.25) is 0 Å². The van der Waals surface area contributed by atoms with Gasteiger partial charge < -0.3 is 10.6 Å². The van der Waals surface area contributed by atoms with E-state index in [1.807, 2.05) is 0 Å². The number of amides is 1. The van der Waals surface area contributed by atoms with E-state index in [0.717, 1.165) is 32.6 Å². The van der Waals surface area contributed by atoms with Crippen LogP contribution in [0.15, 0.2) is 22.7 Å². The molecule has 1 fully saturated rings. The van der Waals surface area contributed by atoms with Crippen LogP contribution in [-0.4, -0.2) is 43.5 Å². The zero-order valence-corrected chi connectivity index (χ0v) is 12.2. The molecule has 0 spiro atoms. The smallest absolute Gasteiger partial charge is 0.238 e. The molecule has 19 heavy (non-hydrogen) atoms. The second kappa shape index (κ2) is 6.98. The topological polar surface area (TPSA) is 44.4 Å². The van der Waals surface area contributed by atoms with Crippen LogP contribution >= 0.6 is 15.9 Å². The maximum Gasteiger partial charge on any atom is 0.238 e. The molecule has 0 aliphatic carbocycles. The highest BCUT2D eigenvalue weighted by atomic mass is 79.9. The molecule has 0 unspecified atom stereocenters. The van der Waals surface area contributed by atoms with Crippen molar-refractivity contribution in [2.24, 2.45) is 0 Å². The number of hydrogen-bond acceptors (Lipinski definition) is 3. The first-order valence-electron chi connectivity index (χ1n) is 6.34. The Labute approximate surface area is 120 Å². The van der Waals surface area contributed by atoms with E-state index in [9.17, 15) is 9.18 Å². The lowest BCUT2D eigenvalue weighted by molar-refractivity contribution is -0.117. The molecule has 1 amide bonds. The van der Waals surface area contributed by atoms with Crippen molar-refractivity contribution in [1.82, 2.24) is 10.2 Å². The number of carbonyl (C=O) groups is 1. The molecule has 1 heterocycles. The molecule has 6 heteroatoms. The van der Waals surface area contributed by atoms with Crippen LogP contribution in [0.5, 0.6) is 0 Å². The third kappa shape index (κ3) is 4.26. The van der Waals surface area contributed by atoms with Crippen molar-refractivity contribution >= 4 is 27.5 Å². The molecule has 1 aromatic carbocycles. The van der Waals surface area contributed by atoms with E-state index in [-0.39, 0.29) is 11.6 Å². The summed E-state index contributed by atoms with van der Waals surface area (Å²) in [6.45, 7) is 3.89. The Balaban J connectivity index is 1.93. The van der Waals surface area contributed by atoms with Gasteiger partial charge in [0.15, 0.2) is 0 Å². The summed E-state index contributed by atoms with van der Waals surface area (Å²) in [4.78, 5) is 14.0. The fourth-order valence-corrected chi connectivity index (χ4v) is 2.50. The second-order valence-electron chi connectivity index (χ2n) is 4.52. The van der Waals surface area contributed by atoms with Crippen molar-refractivity contribution in [1.29, 1.82) is 0 Å². The monoisotopic (exact) mass is 329 g/mol. The van der Waals surface area contributed by atoms with Crippen LogP contribution in [-0.2, 0) is 4.79 Å². The third-order valence-electron chi connectivity index (χ3n) is 3.03. The molecule has 0 radical (unpaired) electrons. The van der Waals surface area contributed by atoms with Crippen LogP contribution in [0.4, 0.5) is 10.1 Å². The van der Waals surface area contributed by atoms with E-state index >= 15 is 0 Å². The number of halogens is 2. The van der Waals surface area contributed by atoms with Gasteiger partial charge in [-0.25, -0.2) is 4.39 Å². The SMILES string of the molecule is O=C(CN1CCCNCC1)Nc1c(F)cccc1Br. The highest BCUT2D eigenvalue weighted by Crippen LogP contribution is 2.24. The lowest BCUT2D eigenvalue weighted by Crippen LogP contribution is -2.35. The van der Waals surface area contributed by atoms with E-state index in [4.69, 9.17) is 0 Å². The van der Waals surface area contributed by atoms with Crippen LogP contribution in [0.25, 0.3) is 0 Å². The fraction of sp³-hybridized carbons (Fsp3) is 0.462. The molecule has 2 rings (SSSR count). The maximum atomic E-state index is 13.6. The van der Waals surface area contributed by atoms with Crippen molar-refractivity contribution in [2.75, 3.05) is 38.0 Å². The number of para-hydroxylation sites is 1. The zero-order valence-electron chi connectivity index (χ0n) is 10.6. The van der Waals surface area contributed by atoms with Crippen LogP contribution in [0, 0.1) is 5.82 Å². The van der Waals surface area contributed by atoms with Gasteiger partial charge in [0.05, 0.1) is 12.2 Å². The fourth-order valence-electron chi connectivity index (χ4n) is 2.06. The highest BCUT2D eigenvalue weighted by molar-refractivity contribution is 9.10. The molecule has 2 N–H and O–H groups in total. The molecule has 1 aliphatic rings.